The monoisotopic (exact) mass is 517 g/mol. The highest BCUT2D eigenvalue weighted by atomic mass is 35.5. The van der Waals surface area contributed by atoms with E-state index in [1.165, 1.54) is 32.8 Å². The average Bonchev–Trinajstić information content (AvgIpc) is 3.29. The van der Waals surface area contributed by atoms with E-state index >= 15 is 0 Å². The van der Waals surface area contributed by atoms with E-state index in [2.05, 4.69) is 41.8 Å². The molecule has 0 saturated carbocycles. The number of unbranched alkanes of at least 4 members (excludes halogenated alkanes) is 1. The van der Waals surface area contributed by atoms with Gasteiger partial charge < -0.3 is 4.90 Å². The van der Waals surface area contributed by atoms with Crippen molar-refractivity contribution in [1.29, 1.82) is 0 Å². The molecule has 1 aliphatic rings. The minimum absolute atomic E-state index is 0.516. The maximum atomic E-state index is 11.8. The highest BCUT2D eigenvalue weighted by Gasteiger charge is 2.31. The van der Waals surface area contributed by atoms with Gasteiger partial charge in [0.2, 0.25) is 5.52 Å². The second-order valence-corrected chi connectivity index (χ2v) is 11.9. The highest BCUT2D eigenvalue weighted by molar-refractivity contribution is 8.04. The van der Waals surface area contributed by atoms with Crippen molar-refractivity contribution in [3.8, 4) is 0 Å². The minimum atomic E-state index is -4.24. The van der Waals surface area contributed by atoms with Gasteiger partial charge in [0, 0.05) is 16.3 Å². The molecule has 170 valence electrons. The molecule has 0 fully saturated rings. The van der Waals surface area contributed by atoms with Crippen molar-refractivity contribution in [3.63, 3.8) is 0 Å². The molecule has 9 heteroatoms. The summed E-state index contributed by atoms with van der Waals surface area (Å²) in [5.41, 5.74) is 1.88. The summed E-state index contributed by atoms with van der Waals surface area (Å²) in [6.45, 7) is 3.04. The van der Waals surface area contributed by atoms with Crippen molar-refractivity contribution < 1.29 is 17.5 Å². The van der Waals surface area contributed by atoms with E-state index in [-0.39, 0.29) is 0 Å². The lowest BCUT2D eigenvalue weighted by atomic mass is 10.1. The highest BCUT2D eigenvalue weighted by Crippen LogP contribution is 2.48. The summed E-state index contributed by atoms with van der Waals surface area (Å²) in [5.74, 6) is -0.526. The first-order valence-corrected chi connectivity index (χ1v) is 14.2. The number of halogens is 1. The molecule has 0 spiro atoms. The van der Waals surface area contributed by atoms with Crippen LogP contribution in [0.1, 0.15) is 24.8 Å². The minimum Gasteiger partial charge on any atom is -0.317 e. The predicted molar refractivity (Wildman–Crippen MR) is 139 cm³/mol. The number of anilines is 1. The normalized spacial score (nSPS) is 15.1. The van der Waals surface area contributed by atoms with Gasteiger partial charge in [0.05, 0.1) is 22.2 Å². The number of thioether (sulfide) groups is 1. The third-order valence-electron chi connectivity index (χ3n) is 5.58. The number of rotatable bonds is 6. The summed E-state index contributed by atoms with van der Waals surface area (Å²) in [6, 6.07) is 18.1. The Labute approximate surface area is 206 Å². The zero-order valence-corrected chi connectivity index (χ0v) is 21.1. The van der Waals surface area contributed by atoms with E-state index in [0.717, 1.165) is 34.3 Å². The van der Waals surface area contributed by atoms with Crippen LogP contribution in [0.3, 0.4) is 0 Å². The van der Waals surface area contributed by atoms with Gasteiger partial charge in [-0.15, -0.1) is 0 Å². The van der Waals surface area contributed by atoms with Crippen LogP contribution in [0.5, 0.6) is 0 Å². The molecule has 2 heterocycles. The van der Waals surface area contributed by atoms with E-state index in [9.17, 15) is 13.0 Å². The molecule has 3 aromatic carbocycles. The fourth-order valence-electron chi connectivity index (χ4n) is 4.10. The van der Waals surface area contributed by atoms with Gasteiger partial charge in [-0.05, 0) is 35.7 Å². The fourth-order valence-corrected chi connectivity index (χ4v) is 7.25. The van der Waals surface area contributed by atoms with Gasteiger partial charge in [-0.2, -0.15) is 13.0 Å². The summed E-state index contributed by atoms with van der Waals surface area (Å²) in [4.78, 5) is 2.52. The molecule has 0 saturated heterocycles. The zero-order chi connectivity index (χ0) is 23.2. The molecule has 1 aromatic heterocycles. The Morgan fingerprint density at radius 3 is 2.76 bits per heavy atom. The number of aryl methyl sites for hydroxylation is 1. The van der Waals surface area contributed by atoms with Crippen LogP contribution in [0.25, 0.3) is 27.1 Å². The Kier molecular flexibility index (Phi) is 6.13. The lowest BCUT2D eigenvalue weighted by molar-refractivity contribution is -0.668. The van der Waals surface area contributed by atoms with Crippen LogP contribution in [0, 0.1) is 0 Å². The first-order valence-electron chi connectivity index (χ1n) is 10.6. The van der Waals surface area contributed by atoms with Gasteiger partial charge in [-0.1, -0.05) is 72.3 Å². The number of fused-ring (bicyclic) bond motifs is 4. The topological polar surface area (TPSA) is 61.5 Å². The van der Waals surface area contributed by atoms with Crippen LogP contribution in [0.15, 0.2) is 64.5 Å². The molecule has 1 N–H and O–H groups in total. The lowest BCUT2D eigenvalue weighted by Crippen LogP contribution is -2.35. The molecule has 0 amide bonds. The van der Waals surface area contributed by atoms with Crippen LogP contribution >= 0.6 is 34.7 Å². The van der Waals surface area contributed by atoms with E-state index < -0.39 is 16.0 Å². The molecule has 1 aliphatic heterocycles. The fraction of sp³-hybridized carbons (Fsp3) is 0.208. The maximum absolute atomic E-state index is 11.8. The summed E-state index contributed by atoms with van der Waals surface area (Å²) < 4.78 is 36.8. The Balaban J connectivity index is 1.69. The van der Waals surface area contributed by atoms with Gasteiger partial charge in [0.15, 0.2) is 12.4 Å². The molecule has 33 heavy (non-hydrogen) atoms. The van der Waals surface area contributed by atoms with E-state index in [1.54, 1.807) is 28.4 Å². The summed E-state index contributed by atoms with van der Waals surface area (Å²) >= 11 is 9.36. The van der Waals surface area contributed by atoms with Gasteiger partial charge in [0.25, 0.3) is 15.1 Å². The van der Waals surface area contributed by atoms with E-state index in [4.69, 9.17) is 11.6 Å². The predicted octanol–water partition coefficient (Wildman–Crippen LogP) is 6.55. The molecule has 0 radical (unpaired) electrons. The van der Waals surface area contributed by atoms with E-state index in [1.807, 2.05) is 18.2 Å². The third kappa shape index (κ3) is 4.50. The molecule has 4 aromatic rings. The van der Waals surface area contributed by atoms with Crippen molar-refractivity contribution in [1.82, 2.24) is 0 Å². The lowest BCUT2D eigenvalue weighted by Gasteiger charge is -2.18. The van der Waals surface area contributed by atoms with Crippen LogP contribution < -0.4 is 9.47 Å². The molecule has 0 atom stereocenters. The molecular formula is C24H22ClN2O3S3+. The van der Waals surface area contributed by atoms with Gasteiger partial charge >= 0.3 is 0 Å². The molecule has 0 unspecified atom stereocenters. The quantitative estimate of drug-likeness (QED) is 0.232. The number of thiazole rings is 1. The number of benzene rings is 3. The Hall–Kier alpha value is -2.10. The molecule has 5 nitrogen and oxygen atoms in total. The second-order valence-electron chi connectivity index (χ2n) is 7.91. The second kappa shape index (κ2) is 8.92. The molecule has 5 rings (SSSR count). The SMILES string of the molecule is CCCC[n+]1c(/C=C2\Sc3ccc(Cl)cc3N2CS(=O)(=O)O)sc2ccc3ccccc3c21. The average molecular weight is 518 g/mol. The Bertz CT molecular complexity index is 1510. The van der Waals surface area contributed by atoms with Crippen molar-refractivity contribution in [3.05, 3.63) is 69.7 Å². The van der Waals surface area contributed by atoms with Crippen molar-refractivity contribution in [2.75, 3.05) is 10.8 Å². The van der Waals surface area contributed by atoms with Gasteiger partial charge in [-0.3, -0.25) is 4.55 Å². The maximum Gasteiger partial charge on any atom is 0.283 e. The summed E-state index contributed by atoms with van der Waals surface area (Å²) in [6.07, 6.45) is 4.13. The molecular weight excluding hydrogens is 496 g/mol. The first-order chi connectivity index (χ1) is 15.8. The zero-order valence-electron chi connectivity index (χ0n) is 17.9. The van der Waals surface area contributed by atoms with Crippen LogP contribution in [0.2, 0.25) is 5.02 Å². The number of nitrogens with zero attached hydrogens (tertiary/aromatic N) is 2. The number of hydrogen-bond donors (Lipinski definition) is 1. The molecule has 0 bridgehead atoms. The standard InChI is InChI=1S/C24H21ClN2O3S3/c1-2-3-12-26-22(32-21-10-8-16-6-4-5-7-18(16)24(21)26)14-23-27(15-33(28,29)30)19-13-17(25)9-11-20(19)31-23/h4-11,13-14H,2-3,12,15H2,1H3/p+1. The largest absolute Gasteiger partial charge is 0.317 e. The molecule has 0 aliphatic carbocycles. The Morgan fingerprint density at radius 2 is 1.97 bits per heavy atom. The number of aromatic nitrogens is 1. The number of hydrogen-bond acceptors (Lipinski definition) is 5. The van der Waals surface area contributed by atoms with Crippen molar-refractivity contribution in [2.24, 2.45) is 0 Å². The van der Waals surface area contributed by atoms with Crippen molar-refractivity contribution in [2.45, 2.75) is 31.2 Å². The van der Waals surface area contributed by atoms with Crippen molar-refractivity contribution >= 4 is 77.6 Å². The van der Waals surface area contributed by atoms with Gasteiger partial charge in [-0.25, -0.2) is 0 Å². The third-order valence-corrected chi connectivity index (χ3v) is 8.61. The summed E-state index contributed by atoms with van der Waals surface area (Å²) in [7, 11) is -4.24. The van der Waals surface area contributed by atoms with Crippen LogP contribution in [-0.2, 0) is 16.7 Å². The first kappa shape index (κ1) is 22.7. The smallest absolute Gasteiger partial charge is 0.283 e. The van der Waals surface area contributed by atoms with Gasteiger partial charge in [0.1, 0.15) is 4.70 Å². The summed E-state index contributed by atoms with van der Waals surface area (Å²) in [5, 5.41) is 4.69. The van der Waals surface area contributed by atoms with Crippen LogP contribution in [0.4, 0.5) is 5.69 Å². The Morgan fingerprint density at radius 1 is 1.15 bits per heavy atom. The van der Waals surface area contributed by atoms with Crippen LogP contribution in [-0.4, -0.2) is 18.8 Å². The van der Waals surface area contributed by atoms with E-state index in [0.29, 0.717) is 10.7 Å².